The average Bonchev–Trinajstić information content (AvgIpc) is 2.74. The molecule has 1 N–H and O–H groups in total. The van der Waals surface area contributed by atoms with Crippen LogP contribution in [0.5, 0.6) is 5.75 Å². The quantitative estimate of drug-likeness (QED) is 0.542. The molecule has 0 bridgehead atoms. The zero-order chi connectivity index (χ0) is 20.4. The second kappa shape index (κ2) is 12.3. The average molecular weight is 391 g/mol. The van der Waals surface area contributed by atoms with Crippen LogP contribution in [0.3, 0.4) is 0 Å². The normalized spacial score (nSPS) is 19.1. The standard InChI is InChI=1S/C19H30O3.C6H12/c1-4-13(5-2)17-12-16(20)18(19(21)22-17)15(6-3)14-10-8-7-9-11-14;1-2-4-6-5-3-1/h12-15,20H,4-11H2,1-3H3;1-6H2. The van der Waals surface area contributed by atoms with Gasteiger partial charge in [-0.2, -0.15) is 0 Å². The van der Waals surface area contributed by atoms with E-state index < -0.39 is 0 Å². The van der Waals surface area contributed by atoms with Crippen LogP contribution in [0.1, 0.15) is 134 Å². The van der Waals surface area contributed by atoms with Crippen LogP contribution in [-0.2, 0) is 0 Å². The van der Waals surface area contributed by atoms with Crippen LogP contribution in [-0.4, -0.2) is 5.11 Å². The number of aromatic hydroxyl groups is 1. The van der Waals surface area contributed by atoms with Crippen molar-refractivity contribution in [2.45, 2.75) is 122 Å². The minimum absolute atomic E-state index is 0.132. The van der Waals surface area contributed by atoms with E-state index >= 15 is 0 Å². The summed E-state index contributed by atoms with van der Waals surface area (Å²) in [6.45, 7) is 6.26. The fourth-order valence-electron chi connectivity index (χ4n) is 5.11. The van der Waals surface area contributed by atoms with Crippen molar-refractivity contribution in [3.05, 3.63) is 27.8 Å². The Balaban J connectivity index is 0.000000397. The van der Waals surface area contributed by atoms with Crippen molar-refractivity contribution in [2.75, 3.05) is 0 Å². The van der Waals surface area contributed by atoms with Crippen molar-refractivity contribution >= 4 is 0 Å². The van der Waals surface area contributed by atoms with Crippen LogP contribution in [0.15, 0.2) is 15.3 Å². The summed E-state index contributed by atoms with van der Waals surface area (Å²) in [4.78, 5) is 12.5. The highest BCUT2D eigenvalue weighted by molar-refractivity contribution is 5.34. The van der Waals surface area contributed by atoms with Crippen molar-refractivity contribution in [3.8, 4) is 5.75 Å². The Kier molecular flexibility index (Phi) is 10.2. The Morgan fingerprint density at radius 2 is 1.39 bits per heavy atom. The first-order chi connectivity index (χ1) is 13.6. The highest BCUT2D eigenvalue weighted by Gasteiger charge is 2.29. The van der Waals surface area contributed by atoms with Gasteiger partial charge in [0.25, 0.3) is 0 Å². The largest absolute Gasteiger partial charge is 0.507 e. The first-order valence-electron chi connectivity index (χ1n) is 12.0. The SMILES string of the molecule is C1CCCCC1.CCC(CC)c1cc(O)c(C(CC)C2CCCCC2)c(=O)o1. The molecule has 2 saturated carbocycles. The Morgan fingerprint density at radius 3 is 1.82 bits per heavy atom. The van der Waals surface area contributed by atoms with Gasteiger partial charge in [-0.1, -0.05) is 78.6 Å². The molecule has 3 rings (SSSR count). The summed E-state index contributed by atoms with van der Waals surface area (Å²) in [5.74, 6) is 1.63. The predicted octanol–water partition coefficient (Wildman–Crippen LogP) is 7.66. The number of hydrogen-bond acceptors (Lipinski definition) is 3. The van der Waals surface area contributed by atoms with E-state index in [1.54, 1.807) is 6.07 Å². The monoisotopic (exact) mass is 390 g/mol. The molecule has 1 unspecified atom stereocenters. The van der Waals surface area contributed by atoms with Gasteiger partial charge < -0.3 is 9.52 Å². The molecule has 3 nitrogen and oxygen atoms in total. The topological polar surface area (TPSA) is 50.4 Å². The van der Waals surface area contributed by atoms with Gasteiger partial charge in [0.2, 0.25) is 0 Å². The van der Waals surface area contributed by atoms with Crippen LogP contribution in [0.2, 0.25) is 0 Å². The van der Waals surface area contributed by atoms with Gasteiger partial charge in [0, 0.05) is 12.0 Å². The highest BCUT2D eigenvalue weighted by atomic mass is 16.4. The van der Waals surface area contributed by atoms with Gasteiger partial charge in [-0.15, -0.1) is 0 Å². The minimum atomic E-state index is -0.320. The molecule has 0 aromatic carbocycles. The second-order valence-electron chi connectivity index (χ2n) is 8.78. The Morgan fingerprint density at radius 1 is 0.893 bits per heavy atom. The van der Waals surface area contributed by atoms with Crippen molar-refractivity contribution in [3.63, 3.8) is 0 Å². The maximum Gasteiger partial charge on any atom is 0.343 e. The van der Waals surface area contributed by atoms with E-state index in [2.05, 4.69) is 20.8 Å². The molecule has 1 heterocycles. The molecule has 1 aromatic heterocycles. The summed E-state index contributed by atoms with van der Waals surface area (Å²) < 4.78 is 5.59. The molecular weight excluding hydrogens is 348 g/mol. The molecule has 2 aliphatic carbocycles. The third kappa shape index (κ3) is 6.39. The lowest BCUT2D eigenvalue weighted by atomic mass is 9.75. The molecule has 0 aliphatic heterocycles. The molecule has 1 aromatic rings. The summed E-state index contributed by atoms with van der Waals surface area (Å²) in [5.41, 5.74) is 0.198. The maximum atomic E-state index is 12.5. The molecule has 160 valence electrons. The summed E-state index contributed by atoms with van der Waals surface area (Å²) in [6, 6.07) is 1.69. The molecule has 0 saturated heterocycles. The van der Waals surface area contributed by atoms with Gasteiger partial charge in [0.15, 0.2) is 0 Å². The summed E-state index contributed by atoms with van der Waals surface area (Å²) in [7, 11) is 0. The molecular formula is C25H42O3. The summed E-state index contributed by atoms with van der Waals surface area (Å²) in [5, 5.41) is 10.5. The summed E-state index contributed by atoms with van der Waals surface area (Å²) >= 11 is 0. The Hall–Kier alpha value is -1.25. The molecule has 2 fully saturated rings. The lowest BCUT2D eigenvalue weighted by Gasteiger charge is -2.29. The number of rotatable bonds is 6. The molecule has 0 spiro atoms. The smallest absolute Gasteiger partial charge is 0.343 e. The van der Waals surface area contributed by atoms with Crippen LogP contribution in [0.25, 0.3) is 0 Å². The van der Waals surface area contributed by atoms with E-state index in [0.29, 0.717) is 17.2 Å². The maximum absolute atomic E-state index is 12.5. The first kappa shape index (κ1) is 23.0. The highest BCUT2D eigenvalue weighted by Crippen LogP contribution is 2.40. The number of hydrogen-bond donors (Lipinski definition) is 1. The molecule has 0 amide bonds. The predicted molar refractivity (Wildman–Crippen MR) is 117 cm³/mol. The van der Waals surface area contributed by atoms with Crippen molar-refractivity contribution in [1.82, 2.24) is 0 Å². The summed E-state index contributed by atoms with van der Waals surface area (Å²) in [6.07, 6.45) is 17.8. The van der Waals surface area contributed by atoms with Gasteiger partial charge in [-0.25, -0.2) is 4.79 Å². The van der Waals surface area contributed by atoms with E-state index in [-0.39, 0.29) is 23.2 Å². The minimum Gasteiger partial charge on any atom is -0.507 e. The van der Waals surface area contributed by atoms with Crippen molar-refractivity contribution < 1.29 is 9.52 Å². The fraction of sp³-hybridized carbons (Fsp3) is 0.800. The van der Waals surface area contributed by atoms with E-state index in [9.17, 15) is 9.90 Å². The molecule has 0 radical (unpaired) electrons. The third-order valence-electron chi connectivity index (χ3n) is 6.90. The van der Waals surface area contributed by atoms with Crippen molar-refractivity contribution in [1.29, 1.82) is 0 Å². The fourth-order valence-corrected chi connectivity index (χ4v) is 5.11. The zero-order valence-corrected chi connectivity index (χ0v) is 18.5. The zero-order valence-electron chi connectivity index (χ0n) is 18.5. The van der Waals surface area contributed by atoms with Crippen LogP contribution in [0, 0.1) is 5.92 Å². The van der Waals surface area contributed by atoms with Gasteiger partial charge >= 0.3 is 5.63 Å². The van der Waals surface area contributed by atoms with Gasteiger partial charge in [0.1, 0.15) is 11.5 Å². The van der Waals surface area contributed by atoms with Crippen LogP contribution in [0.4, 0.5) is 0 Å². The molecule has 1 atom stereocenters. The Labute approximate surface area is 171 Å². The molecule has 3 heteroatoms. The second-order valence-corrected chi connectivity index (χ2v) is 8.78. The lowest BCUT2D eigenvalue weighted by molar-refractivity contribution is 0.283. The van der Waals surface area contributed by atoms with Gasteiger partial charge in [0.05, 0.1) is 5.56 Å². The lowest BCUT2D eigenvalue weighted by Crippen LogP contribution is -2.22. The van der Waals surface area contributed by atoms with Crippen LogP contribution < -0.4 is 5.63 Å². The molecule has 28 heavy (non-hydrogen) atoms. The van der Waals surface area contributed by atoms with E-state index in [4.69, 9.17) is 4.42 Å². The van der Waals surface area contributed by atoms with E-state index in [1.807, 2.05) is 0 Å². The van der Waals surface area contributed by atoms with Gasteiger partial charge in [-0.3, -0.25) is 0 Å². The third-order valence-corrected chi connectivity index (χ3v) is 6.90. The van der Waals surface area contributed by atoms with Crippen LogP contribution >= 0.6 is 0 Å². The van der Waals surface area contributed by atoms with Gasteiger partial charge in [-0.05, 0) is 43.9 Å². The Bertz CT molecular complexity index is 593. The molecule has 2 aliphatic rings. The van der Waals surface area contributed by atoms with E-state index in [0.717, 1.165) is 32.1 Å². The van der Waals surface area contributed by atoms with Crippen molar-refractivity contribution in [2.24, 2.45) is 5.92 Å². The first-order valence-corrected chi connectivity index (χ1v) is 12.0. The van der Waals surface area contributed by atoms with E-state index in [1.165, 1.54) is 57.8 Å².